The molecule has 0 aliphatic carbocycles. The summed E-state index contributed by atoms with van der Waals surface area (Å²) in [6.45, 7) is 4.20. The van der Waals surface area contributed by atoms with Crippen molar-refractivity contribution in [1.82, 2.24) is 0 Å². The Morgan fingerprint density at radius 1 is 1.33 bits per heavy atom. The number of hydrogen-bond acceptors (Lipinski definition) is 3. The molecule has 18 heavy (non-hydrogen) atoms. The van der Waals surface area contributed by atoms with Crippen LogP contribution >= 0.6 is 0 Å². The van der Waals surface area contributed by atoms with Gasteiger partial charge in [0.15, 0.2) is 0 Å². The van der Waals surface area contributed by atoms with E-state index in [1.54, 1.807) is 24.3 Å². The number of nitrogens with one attached hydrogen (secondary N) is 1. The first-order valence-electron chi connectivity index (χ1n) is 5.72. The third-order valence-electron chi connectivity index (χ3n) is 2.14. The van der Waals surface area contributed by atoms with Crippen molar-refractivity contribution >= 4 is 17.7 Å². The molecule has 0 aliphatic rings. The molecular weight excluding hydrogens is 234 g/mol. The summed E-state index contributed by atoms with van der Waals surface area (Å²) < 4.78 is 4.97. The Morgan fingerprint density at radius 2 is 2.00 bits per heavy atom. The number of ether oxygens (including phenoxy) is 1. The Kier molecular flexibility index (Phi) is 5.17. The number of para-hydroxylation sites is 1. The van der Waals surface area contributed by atoms with E-state index in [2.05, 4.69) is 5.32 Å². The molecule has 0 fully saturated rings. The van der Waals surface area contributed by atoms with Crippen LogP contribution < -0.4 is 5.32 Å². The van der Waals surface area contributed by atoms with E-state index in [0.717, 1.165) is 0 Å². The fourth-order valence-corrected chi connectivity index (χ4v) is 1.35. The molecule has 0 atom stereocenters. The summed E-state index contributed by atoms with van der Waals surface area (Å²) in [7, 11) is 0. The quantitative estimate of drug-likeness (QED) is 0.843. The van der Waals surface area contributed by atoms with Crippen LogP contribution in [-0.4, -0.2) is 23.8 Å². The molecule has 0 heterocycles. The monoisotopic (exact) mass is 251 g/mol. The summed E-state index contributed by atoms with van der Waals surface area (Å²) in [5.41, 5.74) is 1.01. The predicted octanol–water partition coefficient (Wildman–Crippen LogP) is 2.52. The Balaban J connectivity index is 2.65. The van der Waals surface area contributed by atoms with Crippen molar-refractivity contribution in [2.24, 2.45) is 5.92 Å². The minimum atomic E-state index is -0.945. The Bertz CT molecular complexity index is 429. The molecule has 0 radical (unpaired) electrons. The van der Waals surface area contributed by atoms with Crippen molar-refractivity contribution < 1.29 is 19.4 Å². The summed E-state index contributed by atoms with van der Waals surface area (Å²) in [5, 5.41) is 11.3. The highest BCUT2D eigenvalue weighted by atomic mass is 16.5. The smallest absolute Gasteiger partial charge is 0.411 e. The van der Waals surface area contributed by atoms with E-state index in [0.29, 0.717) is 17.9 Å². The first-order chi connectivity index (χ1) is 8.49. The Hall–Kier alpha value is -2.04. The van der Waals surface area contributed by atoms with Crippen molar-refractivity contribution in [2.75, 3.05) is 11.9 Å². The van der Waals surface area contributed by atoms with Crippen LogP contribution in [0.3, 0.4) is 0 Å². The van der Waals surface area contributed by atoms with Gasteiger partial charge in [-0.15, -0.1) is 0 Å². The SMILES string of the molecule is CC(C)COC(=O)Nc1ccccc1CC(=O)O. The van der Waals surface area contributed by atoms with Crippen LogP contribution in [0.5, 0.6) is 0 Å². The van der Waals surface area contributed by atoms with Crippen LogP contribution in [0.2, 0.25) is 0 Å². The van der Waals surface area contributed by atoms with Gasteiger partial charge in [-0.3, -0.25) is 10.1 Å². The van der Waals surface area contributed by atoms with Crippen molar-refractivity contribution in [2.45, 2.75) is 20.3 Å². The van der Waals surface area contributed by atoms with E-state index in [1.165, 1.54) is 0 Å². The highest BCUT2D eigenvalue weighted by molar-refractivity contribution is 5.87. The van der Waals surface area contributed by atoms with Gasteiger partial charge >= 0.3 is 12.1 Å². The first kappa shape index (κ1) is 14.0. The second kappa shape index (κ2) is 6.64. The lowest BCUT2D eigenvalue weighted by molar-refractivity contribution is -0.136. The molecule has 0 unspecified atom stereocenters. The largest absolute Gasteiger partial charge is 0.481 e. The number of carbonyl (C=O) groups is 2. The van der Waals surface area contributed by atoms with Gasteiger partial charge in [-0.25, -0.2) is 4.79 Å². The predicted molar refractivity (Wildman–Crippen MR) is 67.6 cm³/mol. The second-order valence-corrected chi connectivity index (χ2v) is 4.34. The number of amides is 1. The number of carboxylic acid groups (broad SMARTS) is 1. The molecule has 1 aromatic carbocycles. The number of benzene rings is 1. The summed E-state index contributed by atoms with van der Waals surface area (Å²) in [5.74, 6) is -0.690. The molecular formula is C13H17NO4. The number of carbonyl (C=O) groups excluding carboxylic acids is 1. The molecule has 1 aromatic rings. The maximum atomic E-state index is 11.5. The number of hydrogen-bond donors (Lipinski definition) is 2. The van der Waals surface area contributed by atoms with Crippen LogP contribution in [0, 0.1) is 5.92 Å². The summed E-state index contributed by atoms with van der Waals surface area (Å²) >= 11 is 0. The van der Waals surface area contributed by atoms with Crippen LogP contribution in [0.25, 0.3) is 0 Å². The van der Waals surface area contributed by atoms with E-state index in [-0.39, 0.29) is 12.3 Å². The fraction of sp³-hybridized carbons (Fsp3) is 0.385. The van der Waals surface area contributed by atoms with Crippen molar-refractivity contribution in [3.63, 3.8) is 0 Å². The van der Waals surface area contributed by atoms with Gasteiger partial charge in [0, 0.05) is 5.69 Å². The van der Waals surface area contributed by atoms with Gasteiger partial charge < -0.3 is 9.84 Å². The lowest BCUT2D eigenvalue weighted by atomic mass is 10.1. The van der Waals surface area contributed by atoms with Crippen molar-refractivity contribution in [3.8, 4) is 0 Å². The van der Waals surface area contributed by atoms with E-state index in [4.69, 9.17) is 9.84 Å². The van der Waals surface area contributed by atoms with Gasteiger partial charge in [-0.05, 0) is 17.5 Å². The van der Waals surface area contributed by atoms with Gasteiger partial charge in [0.25, 0.3) is 0 Å². The first-order valence-corrected chi connectivity index (χ1v) is 5.72. The molecule has 0 bridgehead atoms. The standard InChI is InChI=1S/C13H17NO4/c1-9(2)8-18-13(17)14-11-6-4-3-5-10(11)7-12(15)16/h3-6,9H,7-8H2,1-2H3,(H,14,17)(H,15,16). The minimum absolute atomic E-state index is 0.138. The number of aliphatic carboxylic acids is 1. The van der Waals surface area contributed by atoms with Crippen LogP contribution in [0.4, 0.5) is 10.5 Å². The fourth-order valence-electron chi connectivity index (χ4n) is 1.35. The number of rotatable bonds is 5. The maximum absolute atomic E-state index is 11.5. The molecule has 2 N–H and O–H groups in total. The molecule has 5 nitrogen and oxygen atoms in total. The average molecular weight is 251 g/mol. The lowest BCUT2D eigenvalue weighted by Crippen LogP contribution is -2.18. The number of anilines is 1. The third kappa shape index (κ3) is 4.86. The Labute approximate surface area is 106 Å². The van der Waals surface area contributed by atoms with Gasteiger partial charge in [0.1, 0.15) is 0 Å². The summed E-state index contributed by atoms with van der Waals surface area (Å²) in [6, 6.07) is 6.76. The molecule has 1 rings (SSSR count). The molecule has 1 amide bonds. The highest BCUT2D eigenvalue weighted by Gasteiger charge is 2.10. The van der Waals surface area contributed by atoms with Crippen LogP contribution in [0.15, 0.2) is 24.3 Å². The van der Waals surface area contributed by atoms with Crippen LogP contribution in [0.1, 0.15) is 19.4 Å². The molecule has 98 valence electrons. The van der Waals surface area contributed by atoms with E-state index in [1.807, 2.05) is 13.8 Å². The number of carboxylic acids is 1. The zero-order valence-corrected chi connectivity index (χ0v) is 10.5. The van der Waals surface area contributed by atoms with Gasteiger partial charge in [-0.2, -0.15) is 0 Å². The lowest BCUT2D eigenvalue weighted by Gasteiger charge is -2.11. The minimum Gasteiger partial charge on any atom is -0.481 e. The maximum Gasteiger partial charge on any atom is 0.411 e. The van der Waals surface area contributed by atoms with Gasteiger partial charge in [0.05, 0.1) is 13.0 Å². The average Bonchev–Trinajstić information content (AvgIpc) is 2.28. The summed E-state index contributed by atoms with van der Waals surface area (Å²) in [4.78, 5) is 22.2. The zero-order chi connectivity index (χ0) is 13.5. The van der Waals surface area contributed by atoms with Gasteiger partial charge in [-0.1, -0.05) is 32.0 Å². The zero-order valence-electron chi connectivity index (χ0n) is 10.5. The van der Waals surface area contributed by atoms with Crippen molar-refractivity contribution in [1.29, 1.82) is 0 Å². The van der Waals surface area contributed by atoms with Gasteiger partial charge in [0.2, 0.25) is 0 Å². The molecule has 5 heteroatoms. The molecule has 0 spiro atoms. The van der Waals surface area contributed by atoms with E-state index >= 15 is 0 Å². The van der Waals surface area contributed by atoms with Crippen molar-refractivity contribution in [3.05, 3.63) is 29.8 Å². The second-order valence-electron chi connectivity index (χ2n) is 4.34. The highest BCUT2D eigenvalue weighted by Crippen LogP contribution is 2.16. The molecule has 0 saturated heterocycles. The summed E-state index contributed by atoms with van der Waals surface area (Å²) in [6.07, 6.45) is -0.706. The topological polar surface area (TPSA) is 75.6 Å². The molecule has 0 saturated carbocycles. The normalized spacial score (nSPS) is 10.2. The molecule has 0 aromatic heterocycles. The van der Waals surface area contributed by atoms with Crippen LogP contribution in [-0.2, 0) is 16.0 Å². The van der Waals surface area contributed by atoms with E-state index < -0.39 is 12.1 Å². The third-order valence-corrected chi connectivity index (χ3v) is 2.14. The van der Waals surface area contributed by atoms with E-state index in [9.17, 15) is 9.59 Å². The Morgan fingerprint density at radius 3 is 2.61 bits per heavy atom. The molecule has 0 aliphatic heterocycles.